The Kier molecular flexibility index (Phi) is 5.88. The number of aromatic nitrogens is 2. The van der Waals surface area contributed by atoms with E-state index in [0.29, 0.717) is 16.3 Å². The number of nitrogens with zero attached hydrogens (tertiary/aromatic N) is 3. The Morgan fingerprint density at radius 3 is 2.23 bits per heavy atom. The van der Waals surface area contributed by atoms with E-state index < -0.39 is 5.56 Å². The van der Waals surface area contributed by atoms with Crippen molar-refractivity contribution in [2.45, 2.75) is 0 Å². The van der Waals surface area contributed by atoms with Gasteiger partial charge in [-0.05, 0) is 28.8 Å². The molecule has 0 radical (unpaired) electrons. The van der Waals surface area contributed by atoms with Crippen LogP contribution in [0.5, 0.6) is 0 Å². The summed E-state index contributed by atoms with van der Waals surface area (Å²) in [5.41, 5.74) is 6.13. The van der Waals surface area contributed by atoms with Crippen molar-refractivity contribution < 1.29 is 0 Å². The molecule has 1 heterocycles. The van der Waals surface area contributed by atoms with Crippen LogP contribution in [0.4, 0.5) is 5.95 Å². The summed E-state index contributed by atoms with van der Waals surface area (Å²) in [4.78, 5) is 19.2. The van der Waals surface area contributed by atoms with Crippen LogP contribution >= 0.6 is 11.6 Å². The first-order valence-corrected chi connectivity index (χ1v) is 9.77. The molecule has 0 unspecified atom stereocenters. The number of hydrazone groups is 1. The summed E-state index contributed by atoms with van der Waals surface area (Å²) in [6, 6.07) is 26.4. The molecule has 3 aromatic carbocycles. The number of hydrogen-bond donors (Lipinski definition) is 2. The van der Waals surface area contributed by atoms with Crippen molar-refractivity contribution in [1.82, 2.24) is 9.97 Å². The van der Waals surface area contributed by atoms with E-state index in [4.69, 9.17) is 11.6 Å². The van der Waals surface area contributed by atoms with Crippen molar-refractivity contribution in [2.75, 3.05) is 5.43 Å². The number of anilines is 1. The third-order valence-corrected chi connectivity index (χ3v) is 4.80. The molecule has 0 fully saturated rings. The van der Waals surface area contributed by atoms with Gasteiger partial charge in [-0.1, -0.05) is 78.3 Å². The van der Waals surface area contributed by atoms with Crippen LogP contribution in [0, 0.1) is 11.3 Å². The minimum atomic E-state index is -0.527. The molecule has 0 aliphatic carbocycles. The summed E-state index contributed by atoms with van der Waals surface area (Å²) in [5.74, 6) is 0.150. The van der Waals surface area contributed by atoms with Gasteiger partial charge < -0.3 is 0 Å². The first kappa shape index (κ1) is 20.1. The van der Waals surface area contributed by atoms with Gasteiger partial charge >= 0.3 is 0 Å². The lowest BCUT2D eigenvalue weighted by molar-refractivity contribution is 1.08. The normalized spacial score (nSPS) is 10.7. The summed E-state index contributed by atoms with van der Waals surface area (Å²) in [6.07, 6.45) is 1.62. The zero-order valence-corrected chi connectivity index (χ0v) is 17.0. The molecule has 150 valence electrons. The molecule has 4 aromatic rings. The van der Waals surface area contributed by atoms with Gasteiger partial charge in [-0.25, -0.2) is 10.4 Å². The van der Waals surface area contributed by atoms with E-state index in [2.05, 4.69) is 20.5 Å². The van der Waals surface area contributed by atoms with Crippen molar-refractivity contribution in [3.05, 3.63) is 105 Å². The average molecular weight is 426 g/mol. The highest BCUT2D eigenvalue weighted by Crippen LogP contribution is 2.22. The van der Waals surface area contributed by atoms with Crippen molar-refractivity contribution in [3.8, 4) is 28.5 Å². The van der Waals surface area contributed by atoms with Gasteiger partial charge in [-0.3, -0.25) is 9.78 Å². The van der Waals surface area contributed by atoms with Crippen molar-refractivity contribution in [1.29, 1.82) is 5.26 Å². The summed E-state index contributed by atoms with van der Waals surface area (Å²) in [6.45, 7) is 0. The van der Waals surface area contributed by atoms with Gasteiger partial charge in [-0.15, -0.1) is 0 Å². The van der Waals surface area contributed by atoms with E-state index >= 15 is 0 Å². The predicted molar refractivity (Wildman–Crippen MR) is 123 cm³/mol. The number of hydrogen-bond acceptors (Lipinski definition) is 5. The van der Waals surface area contributed by atoms with Crippen LogP contribution < -0.4 is 11.0 Å². The zero-order valence-electron chi connectivity index (χ0n) is 16.2. The second-order valence-corrected chi connectivity index (χ2v) is 7.05. The van der Waals surface area contributed by atoms with Gasteiger partial charge in [0.2, 0.25) is 5.95 Å². The second kappa shape index (κ2) is 9.08. The van der Waals surface area contributed by atoms with Gasteiger partial charge in [0, 0.05) is 10.6 Å². The Hall–Kier alpha value is -4.21. The minimum absolute atomic E-state index is 0.0430. The van der Waals surface area contributed by atoms with Crippen molar-refractivity contribution in [3.63, 3.8) is 0 Å². The number of H-pyrrole nitrogens is 1. The van der Waals surface area contributed by atoms with Gasteiger partial charge in [0.25, 0.3) is 5.56 Å². The quantitative estimate of drug-likeness (QED) is 0.344. The highest BCUT2D eigenvalue weighted by atomic mass is 35.5. The molecule has 31 heavy (non-hydrogen) atoms. The van der Waals surface area contributed by atoms with Crippen LogP contribution in [0.1, 0.15) is 11.1 Å². The van der Waals surface area contributed by atoms with Gasteiger partial charge in [0.05, 0.1) is 11.9 Å². The number of aromatic amines is 1. The lowest BCUT2D eigenvalue weighted by Crippen LogP contribution is -2.16. The topological polar surface area (TPSA) is 93.9 Å². The maximum absolute atomic E-state index is 12.3. The zero-order chi connectivity index (χ0) is 21.6. The molecule has 0 aliphatic rings. The standard InChI is InChI=1S/C24H16ClN5O/c25-20-12-10-18(11-13-20)17-8-6-16(7-9-17)15-27-30-24-28-22(19-4-2-1-3-5-19)21(14-26)23(31)29-24/h1-13,15H,(H2,28,29,30,31). The van der Waals surface area contributed by atoms with Crippen LogP contribution in [0.15, 0.2) is 88.8 Å². The van der Waals surface area contributed by atoms with Crippen LogP contribution in [0.2, 0.25) is 5.02 Å². The molecule has 0 bridgehead atoms. The van der Waals surface area contributed by atoms with E-state index in [1.807, 2.05) is 72.8 Å². The summed E-state index contributed by atoms with van der Waals surface area (Å²) in [5, 5.41) is 14.2. The fraction of sp³-hybridized carbons (Fsp3) is 0. The number of rotatable bonds is 5. The Balaban J connectivity index is 1.53. The summed E-state index contributed by atoms with van der Waals surface area (Å²) >= 11 is 5.94. The number of nitriles is 1. The van der Waals surface area contributed by atoms with E-state index in [0.717, 1.165) is 16.7 Å². The molecular weight excluding hydrogens is 410 g/mol. The molecule has 6 nitrogen and oxygen atoms in total. The first-order valence-electron chi connectivity index (χ1n) is 9.39. The smallest absolute Gasteiger partial charge is 0.270 e. The molecule has 0 amide bonds. The van der Waals surface area contributed by atoms with E-state index in [9.17, 15) is 10.1 Å². The minimum Gasteiger partial charge on any atom is -0.290 e. The SMILES string of the molecule is N#Cc1c(-c2ccccc2)nc(NN=Cc2ccc(-c3ccc(Cl)cc3)cc2)[nH]c1=O. The third kappa shape index (κ3) is 4.69. The highest BCUT2D eigenvalue weighted by molar-refractivity contribution is 6.30. The van der Waals surface area contributed by atoms with Gasteiger partial charge in [0.15, 0.2) is 0 Å². The maximum Gasteiger partial charge on any atom is 0.270 e. The molecule has 0 atom stereocenters. The monoisotopic (exact) mass is 425 g/mol. The average Bonchev–Trinajstić information content (AvgIpc) is 2.80. The molecule has 0 saturated carbocycles. The molecule has 4 rings (SSSR count). The molecule has 0 aliphatic heterocycles. The summed E-state index contributed by atoms with van der Waals surface area (Å²) in [7, 11) is 0. The maximum atomic E-state index is 12.3. The Labute approximate surface area is 183 Å². The predicted octanol–water partition coefficient (Wildman–Crippen LogP) is 5.07. The second-order valence-electron chi connectivity index (χ2n) is 6.61. The van der Waals surface area contributed by atoms with Crippen LogP contribution in [0.25, 0.3) is 22.4 Å². The molecule has 0 saturated heterocycles. The fourth-order valence-electron chi connectivity index (χ4n) is 3.01. The van der Waals surface area contributed by atoms with E-state index in [1.54, 1.807) is 18.3 Å². The Bertz CT molecular complexity index is 1320. The molecule has 1 aromatic heterocycles. The van der Waals surface area contributed by atoms with Crippen molar-refractivity contribution in [2.24, 2.45) is 5.10 Å². The highest BCUT2D eigenvalue weighted by Gasteiger charge is 2.12. The Morgan fingerprint density at radius 2 is 1.58 bits per heavy atom. The number of halogens is 1. The van der Waals surface area contributed by atoms with Crippen LogP contribution in [-0.2, 0) is 0 Å². The number of nitrogens with one attached hydrogen (secondary N) is 2. The first-order chi connectivity index (χ1) is 15.1. The Morgan fingerprint density at radius 1 is 0.935 bits per heavy atom. The van der Waals surface area contributed by atoms with E-state index in [1.165, 1.54) is 0 Å². The largest absolute Gasteiger partial charge is 0.290 e. The fourth-order valence-corrected chi connectivity index (χ4v) is 3.13. The van der Waals surface area contributed by atoms with Crippen LogP contribution in [-0.4, -0.2) is 16.2 Å². The molecule has 2 N–H and O–H groups in total. The number of benzene rings is 3. The third-order valence-electron chi connectivity index (χ3n) is 4.55. The lowest BCUT2D eigenvalue weighted by Gasteiger charge is -2.06. The lowest BCUT2D eigenvalue weighted by atomic mass is 10.0. The van der Waals surface area contributed by atoms with E-state index in [-0.39, 0.29) is 11.5 Å². The molecular formula is C24H16ClN5O. The van der Waals surface area contributed by atoms with Crippen LogP contribution in [0.3, 0.4) is 0 Å². The molecule has 0 spiro atoms. The van der Waals surface area contributed by atoms with Gasteiger partial charge in [-0.2, -0.15) is 10.4 Å². The summed E-state index contributed by atoms with van der Waals surface area (Å²) < 4.78 is 0. The van der Waals surface area contributed by atoms with Crippen molar-refractivity contribution >= 4 is 23.8 Å². The van der Waals surface area contributed by atoms with Gasteiger partial charge in [0.1, 0.15) is 11.6 Å². The molecule has 7 heteroatoms.